The van der Waals surface area contributed by atoms with E-state index in [1.54, 1.807) is 24.3 Å². The normalized spacial score (nSPS) is 11.5. The fraction of sp³-hybridized carbons (Fsp3) is 0.250. The predicted octanol–water partition coefficient (Wildman–Crippen LogP) is 2.61. The standard InChI is InChI=1S/C20H21ClN2O4/c1-23(12-11-18(24)25)20(27)17(13-14-5-3-2-4-6-14)22-19(26)15-7-9-16(21)10-8-15/h2-10,17H,11-13H2,1H3,(H,22,26)(H,24,25). The summed E-state index contributed by atoms with van der Waals surface area (Å²) in [7, 11) is 1.53. The predicted molar refractivity (Wildman–Crippen MR) is 103 cm³/mol. The zero-order chi connectivity index (χ0) is 19.8. The Morgan fingerprint density at radius 2 is 1.70 bits per heavy atom. The molecule has 7 heteroatoms. The van der Waals surface area contributed by atoms with Crippen molar-refractivity contribution in [1.82, 2.24) is 10.2 Å². The van der Waals surface area contributed by atoms with Crippen molar-refractivity contribution in [3.63, 3.8) is 0 Å². The number of hydrogen-bond donors (Lipinski definition) is 2. The van der Waals surface area contributed by atoms with Crippen LogP contribution in [0.1, 0.15) is 22.3 Å². The number of likely N-dealkylation sites (N-methyl/N-ethyl adjacent to an activating group) is 1. The molecule has 0 spiro atoms. The van der Waals surface area contributed by atoms with Crippen molar-refractivity contribution in [3.05, 3.63) is 70.7 Å². The maximum atomic E-state index is 12.8. The summed E-state index contributed by atoms with van der Waals surface area (Å²) in [6.07, 6.45) is 0.141. The first-order chi connectivity index (χ1) is 12.9. The third-order valence-electron chi connectivity index (χ3n) is 4.03. The number of hydrogen-bond acceptors (Lipinski definition) is 3. The van der Waals surface area contributed by atoms with E-state index in [2.05, 4.69) is 5.32 Å². The van der Waals surface area contributed by atoms with Crippen LogP contribution in [0.5, 0.6) is 0 Å². The molecule has 0 aromatic heterocycles. The Morgan fingerprint density at radius 1 is 1.07 bits per heavy atom. The van der Waals surface area contributed by atoms with Crippen LogP contribution in [0.25, 0.3) is 0 Å². The van der Waals surface area contributed by atoms with Gasteiger partial charge in [0.15, 0.2) is 0 Å². The van der Waals surface area contributed by atoms with E-state index in [-0.39, 0.29) is 18.9 Å². The molecule has 27 heavy (non-hydrogen) atoms. The van der Waals surface area contributed by atoms with Crippen LogP contribution in [0, 0.1) is 0 Å². The van der Waals surface area contributed by atoms with Gasteiger partial charge in [0, 0.05) is 30.6 Å². The van der Waals surface area contributed by atoms with E-state index in [1.165, 1.54) is 11.9 Å². The monoisotopic (exact) mass is 388 g/mol. The minimum atomic E-state index is -0.987. The van der Waals surface area contributed by atoms with Gasteiger partial charge in [0.25, 0.3) is 5.91 Å². The highest BCUT2D eigenvalue weighted by atomic mass is 35.5. The molecular weight excluding hydrogens is 368 g/mol. The van der Waals surface area contributed by atoms with Gasteiger partial charge in [-0.3, -0.25) is 14.4 Å². The molecule has 0 radical (unpaired) electrons. The van der Waals surface area contributed by atoms with Crippen LogP contribution in [-0.4, -0.2) is 47.4 Å². The number of benzene rings is 2. The van der Waals surface area contributed by atoms with Crippen molar-refractivity contribution < 1.29 is 19.5 Å². The topological polar surface area (TPSA) is 86.7 Å². The van der Waals surface area contributed by atoms with E-state index in [4.69, 9.17) is 16.7 Å². The van der Waals surface area contributed by atoms with Crippen LogP contribution in [0.4, 0.5) is 0 Å². The van der Waals surface area contributed by atoms with E-state index in [0.717, 1.165) is 5.56 Å². The number of halogens is 1. The highest BCUT2D eigenvalue weighted by Crippen LogP contribution is 2.11. The number of carbonyl (C=O) groups is 3. The van der Waals surface area contributed by atoms with Gasteiger partial charge in [0.2, 0.25) is 5.91 Å². The first-order valence-electron chi connectivity index (χ1n) is 8.44. The number of carbonyl (C=O) groups excluding carboxylic acids is 2. The summed E-state index contributed by atoms with van der Waals surface area (Å²) in [5.74, 6) is -1.73. The van der Waals surface area contributed by atoms with Crippen molar-refractivity contribution in [3.8, 4) is 0 Å². The lowest BCUT2D eigenvalue weighted by atomic mass is 10.0. The van der Waals surface area contributed by atoms with Crippen LogP contribution in [0.3, 0.4) is 0 Å². The van der Waals surface area contributed by atoms with Gasteiger partial charge in [-0.1, -0.05) is 41.9 Å². The second kappa shape index (κ2) is 9.73. The quantitative estimate of drug-likeness (QED) is 0.727. The van der Waals surface area contributed by atoms with Gasteiger partial charge in [-0.05, 0) is 29.8 Å². The Balaban J connectivity index is 2.15. The fourth-order valence-electron chi connectivity index (χ4n) is 2.53. The molecule has 0 aliphatic rings. The SMILES string of the molecule is CN(CCC(=O)O)C(=O)C(Cc1ccccc1)NC(=O)c1ccc(Cl)cc1. The van der Waals surface area contributed by atoms with Crippen molar-refractivity contribution in [2.24, 2.45) is 0 Å². The summed E-state index contributed by atoms with van der Waals surface area (Å²) < 4.78 is 0. The van der Waals surface area contributed by atoms with Gasteiger partial charge in [-0.25, -0.2) is 0 Å². The molecular formula is C20H21ClN2O4. The van der Waals surface area contributed by atoms with Gasteiger partial charge in [0.1, 0.15) is 6.04 Å². The Morgan fingerprint density at radius 3 is 2.30 bits per heavy atom. The Hall–Kier alpha value is -2.86. The molecule has 2 rings (SSSR count). The molecule has 0 heterocycles. The molecule has 0 bridgehead atoms. The van der Waals surface area contributed by atoms with Crippen molar-refractivity contribution >= 4 is 29.4 Å². The summed E-state index contributed by atoms with van der Waals surface area (Å²) in [6.45, 7) is 0.0657. The van der Waals surface area contributed by atoms with E-state index in [0.29, 0.717) is 17.0 Å². The molecule has 0 aliphatic carbocycles. The molecule has 2 N–H and O–H groups in total. The summed E-state index contributed by atoms with van der Waals surface area (Å²) in [5.41, 5.74) is 1.28. The highest BCUT2D eigenvalue weighted by molar-refractivity contribution is 6.30. The van der Waals surface area contributed by atoms with Gasteiger partial charge in [0.05, 0.1) is 6.42 Å². The molecule has 2 aromatic carbocycles. The molecule has 0 aliphatic heterocycles. The Kier molecular flexibility index (Phi) is 7.37. The highest BCUT2D eigenvalue weighted by Gasteiger charge is 2.25. The molecule has 0 saturated carbocycles. The van der Waals surface area contributed by atoms with E-state index >= 15 is 0 Å². The summed E-state index contributed by atoms with van der Waals surface area (Å²) in [5, 5.41) is 12.1. The van der Waals surface area contributed by atoms with Crippen LogP contribution in [0.2, 0.25) is 5.02 Å². The Labute approximate surface area is 162 Å². The lowest BCUT2D eigenvalue weighted by molar-refractivity contribution is -0.138. The van der Waals surface area contributed by atoms with E-state index in [9.17, 15) is 14.4 Å². The molecule has 6 nitrogen and oxygen atoms in total. The number of carboxylic acids is 1. The minimum Gasteiger partial charge on any atom is -0.481 e. The molecule has 1 atom stereocenters. The molecule has 142 valence electrons. The first-order valence-corrected chi connectivity index (χ1v) is 8.81. The number of amides is 2. The fourth-order valence-corrected chi connectivity index (χ4v) is 2.66. The van der Waals surface area contributed by atoms with Gasteiger partial charge in [-0.15, -0.1) is 0 Å². The third-order valence-corrected chi connectivity index (χ3v) is 4.28. The average Bonchev–Trinajstić information content (AvgIpc) is 2.66. The minimum absolute atomic E-state index is 0.0657. The molecule has 2 aromatic rings. The van der Waals surface area contributed by atoms with Crippen LogP contribution < -0.4 is 5.32 Å². The second-order valence-corrected chi connectivity index (χ2v) is 6.56. The summed E-state index contributed by atoms with van der Waals surface area (Å²) in [6, 6.07) is 14.9. The zero-order valence-electron chi connectivity index (χ0n) is 14.9. The van der Waals surface area contributed by atoms with Crippen molar-refractivity contribution in [2.75, 3.05) is 13.6 Å². The van der Waals surface area contributed by atoms with Crippen molar-refractivity contribution in [1.29, 1.82) is 0 Å². The van der Waals surface area contributed by atoms with Crippen molar-refractivity contribution in [2.45, 2.75) is 18.9 Å². The number of nitrogens with zero attached hydrogens (tertiary/aromatic N) is 1. The summed E-state index contributed by atoms with van der Waals surface area (Å²) in [4.78, 5) is 37.4. The zero-order valence-corrected chi connectivity index (χ0v) is 15.6. The molecule has 2 amide bonds. The maximum absolute atomic E-state index is 12.8. The van der Waals surface area contributed by atoms with Crippen LogP contribution in [0.15, 0.2) is 54.6 Å². The van der Waals surface area contributed by atoms with Gasteiger partial charge < -0.3 is 15.3 Å². The molecule has 0 saturated heterocycles. The second-order valence-electron chi connectivity index (χ2n) is 6.13. The van der Waals surface area contributed by atoms with Crippen LogP contribution in [-0.2, 0) is 16.0 Å². The largest absolute Gasteiger partial charge is 0.481 e. The smallest absolute Gasteiger partial charge is 0.305 e. The number of nitrogens with one attached hydrogen (secondary N) is 1. The maximum Gasteiger partial charge on any atom is 0.305 e. The molecule has 1 unspecified atom stereocenters. The number of carboxylic acid groups (broad SMARTS) is 1. The average molecular weight is 389 g/mol. The van der Waals surface area contributed by atoms with Gasteiger partial charge >= 0.3 is 5.97 Å². The lowest BCUT2D eigenvalue weighted by Crippen LogP contribution is -2.49. The molecule has 0 fully saturated rings. The third kappa shape index (κ3) is 6.42. The Bertz CT molecular complexity index is 793. The number of aliphatic carboxylic acids is 1. The first kappa shape index (κ1) is 20.5. The number of rotatable bonds is 8. The van der Waals surface area contributed by atoms with Crippen LogP contribution >= 0.6 is 11.6 Å². The van der Waals surface area contributed by atoms with E-state index < -0.39 is 17.9 Å². The summed E-state index contributed by atoms with van der Waals surface area (Å²) >= 11 is 5.84. The van der Waals surface area contributed by atoms with Gasteiger partial charge in [-0.2, -0.15) is 0 Å². The lowest BCUT2D eigenvalue weighted by Gasteiger charge is -2.24. The van der Waals surface area contributed by atoms with E-state index in [1.807, 2.05) is 30.3 Å².